The Morgan fingerprint density at radius 3 is 1.28 bits per heavy atom. The number of carbonyl (C=O) groups excluding carboxylic acids is 2. The maximum absolute atomic E-state index is 12.4. The Hall–Kier alpha value is -1.98. The van der Waals surface area contributed by atoms with Crippen LogP contribution in [0.1, 0.15) is 157 Å². The zero-order valence-corrected chi connectivity index (χ0v) is 44.1. The number of rotatable bonds is 6. The molecule has 0 radical (unpaired) electrons. The number of cyclic esters (lactones) is 2. The standard InChI is InChI=1S/2C29H44O7/c2*1-16-14-35-26(25(32)24(16)31)36-19-6-9-27(2)18(13-19)4-5-22-21(27)7-10-28(3)20(8-11-29(22,28)33)17-12-23(30)34-15-17/h2*12,16,18-22,24-26,31-33H,4-11,13-15H2,1-3H3/t2*16-,18?,19-,20+,21?,22?,24-,25?,26+,27-,28+,29-/m00/s1. The van der Waals surface area contributed by atoms with Crippen molar-refractivity contribution < 1.29 is 68.6 Å². The molecule has 4 heterocycles. The van der Waals surface area contributed by atoms with E-state index < -0.39 is 48.2 Å². The van der Waals surface area contributed by atoms with Gasteiger partial charge in [0.25, 0.3) is 0 Å². The number of esters is 2. The number of carbonyl (C=O) groups is 2. The molecule has 14 heteroatoms. The van der Waals surface area contributed by atoms with Crippen LogP contribution in [0.3, 0.4) is 0 Å². The minimum atomic E-state index is -1.01. The van der Waals surface area contributed by atoms with Crippen LogP contribution in [0.4, 0.5) is 0 Å². The molecule has 0 aromatic rings. The number of hydrogen-bond donors (Lipinski definition) is 6. The largest absolute Gasteiger partial charge is 0.458 e. The highest BCUT2D eigenvalue weighted by Gasteiger charge is 2.70. The predicted octanol–water partition coefficient (Wildman–Crippen LogP) is 6.69. The highest BCUT2D eigenvalue weighted by atomic mass is 16.7. The summed E-state index contributed by atoms with van der Waals surface area (Å²) in [5.41, 5.74) is 0.714. The number of fused-ring (bicyclic) bond motifs is 10. The fourth-order valence-electron chi connectivity index (χ4n) is 19.5. The molecule has 6 N–H and O–H groups in total. The fraction of sp³-hybridized carbons (Fsp3) is 0.897. The molecular formula is C58H88O14. The van der Waals surface area contributed by atoms with E-state index in [9.17, 15) is 40.2 Å². The quantitative estimate of drug-likeness (QED) is 0.121. The summed E-state index contributed by atoms with van der Waals surface area (Å²) in [5.74, 6) is 2.40. The Bertz CT molecular complexity index is 1980. The van der Waals surface area contributed by atoms with Crippen LogP contribution in [0.2, 0.25) is 0 Å². The molecule has 8 unspecified atom stereocenters. The first-order valence-corrected chi connectivity index (χ1v) is 28.6. The van der Waals surface area contributed by atoms with Gasteiger partial charge in [-0.2, -0.15) is 0 Å². The minimum Gasteiger partial charge on any atom is -0.458 e. The van der Waals surface area contributed by atoms with Crippen molar-refractivity contribution in [1.29, 1.82) is 0 Å². The molecule has 12 rings (SSSR count). The second-order valence-corrected chi connectivity index (χ2v) is 27.0. The Balaban J connectivity index is 0.000000156. The molecule has 2 saturated heterocycles. The number of hydrogen-bond acceptors (Lipinski definition) is 14. The van der Waals surface area contributed by atoms with Crippen molar-refractivity contribution in [3.05, 3.63) is 23.3 Å². The predicted molar refractivity (Wildman–Crippen MR) is 263 cm³/mol. The van der Waals surface area contributed by atoms with Crippen molar-refractivity contribution in [1.82, 2.24) is 0 Å². The van der Waals surface area contributed by atoms with Gasteiger partial charge in [0.2, 0.25) is 0 Å². The van der Waals surface area contributed by atoms with Crippen molar-refractivity contribution in [3.8, 4) is 0 Å². The first-order valence-electron chi connectivity index (χ1n) is 28.6. The van der Waals surface area contributed by atoms with Crippen LogP contribution in [0.25, 0.3) is 0 Å². The topological polar surface area (TPSA) is 211 Å². The Labute approximate surface area is 427 Å². The van der Waals surface area contributed by atoms with Crippen molar-refractivity contribution >= 4 is 11.9 Å². The molecule has 4 aliphatic heterocycles. The smallest absolute Gasteiger partial charge is 0.331 e. The van der Waals surface area contributed by atoms with Crippen LogP contribution in [0.5, 0.6) is 0 Å². The minimum absolute atomic E-state index is 0.0273. The molecular weight excluding hydrogens is 921 g/mol. The third-order valence-electron chi connectivity index (χ3n) is 24.0. The highest BCUT2D eigenvalue weighted by molar-refractivity contribution is 5.86. The first kappa shape index (κ1) is 52.1. The number of aliphatic hydroxyl groups excluding tert-OH is 4. The Morgan fingerprint density at radius 1 is 0.500 bits per heavy atom. The lowest BCUT2D eigenvalue weighted by Gasteiger charge is -2.64. The molecule has 0 aromatic heterocycles. The van der Waals surface area contributed by atoms with E-state index in [-0.39, 0.29) is 69.5 Å². The van der Waals surface area contributed by atoms with Crippen LogP contribution < -0.4 is 0 Å². The number of aliphatic hydroxyl groups is 6. The summed E-state index contributed by atoms with van der Waals surface area (Å²) in [6.45, 7) is 14.8. The highest BCUT2D eigenvalue weighted by Crippen LogP contribution is 2.72. The second-order valence-electron chi connectivity index (χ2n) is 27.0. The van der Waals surface area contributed by atoms with Gasteiger partial charge in [-0.15, -0.1) is 0 Å². The van der Waals surface area contributed by atoms with Gasteiger partial charge in [0.05, 0.1) is 48.8 Å². The summed E-state index contributed by atoms with van der Waals surface area (Å²) in [7, 11) is 0. The third-order valence-corrected chi connectivity index (χ3v) is 24.0. The van der Waals surface area contributed by atoms with Gasteiger partial charge in [0, 0.05) is 34.8 Å². The van der Waals surface area contributed by atoms with E-state index in [0.29, 0.717) is 61.9 Å². The molecule has 0 bridgehead atoms. The van der Waals surface area contributed by atoms with E-state index in [1.54, 1.807) is 12.2 Å². The van der Waals surface area contributed by atoms with E-state index in [1.807, 2.05) is 13.8 Å². The summed E-state index contributed by atoms with van der Waals surface area (Å²) in [4.78, 5) is 23.6. The van der Waals surface area contributed by atoms with Gasteiger partial charge in [0.1, 0.15) is 25.4 Å². The first-order chi connectivity index (χ1) is 34.1. The maximum atomic E-state index is 12.4. The third kappa shape index (κ3) is 8.12. The summed E-state index contributed by atoms with van der Waals surface area (Å²) >= 11 is 0. The van der Waals surface area contributed by atoms with Crippen LogP contribution in [-0.4, -0.2) is 129 Å². The molecule has 404 valence electrons. The van der Waals surface area contributed by atoms with Gasteiger partial charge >= 0.3 is 11.9 Å². The lowest BCUT2D eigenvalue weighted by Crippen LogP contribution is -2.62. The van der Waals surface area contributed by atoms with Crippen LogP contribution >= 0.6 is 0 Å². The number of ether oxygens (including phenoxy) is 6. The molecule has 0 spiro atoms. The molecule has 10 fully saturated rings. The molecule has 72 heavy (non-hydrogen) atoms. The molecule has 14 nitrogen and oxygen atoms in total. The van der Waals surface area contributed by atoms with E-state index >= 15 is 0 Å². The van der Waals surface area contributed by atoms with E-state index in [4.69, 9.17) is 28.4 Å². The van der Waals surface area contributed by atoms with Crippen molar-refractivity contribution in [3.63, 3.8) is 0 Å². The van der Waals surface area contributed by atoms with Crippen molar-refractivity contribution in [2.75, 3.05) is 26.4 Å². The molecule has 8 aliphatic carbocycles. The van der Waals surface area contributed by atoms with Gasteiger partial charge < -0.3 is 59.1 Å². The molecule has 24 atom stereocenters. The van der Waals surface area contributed by atoms with Crippen LogP contribution in [0.15, 0.2) is 23.3 Å². The average molecular weight is 1010 g/mol. The molecule has 0 aromatic carbocycles. The lowest BCUT2D eigenvalue weighted by molar-refractivity contribution is -0.282. The van der Waals surface area contributed by atoms with Crippen molar-refractivity contribution in [2.45, 2.75) is 218 Å². The Kier molecular flexibility index (Phi) is 13.7. The Morgan fingerprint density at radius 2 is 0.903 bits per heavy atom. The summed E-state index contributed by atoms with van der Waals surface area (Å²) in [6.07, 6.45) is 16.0. The molecule has 0 amide bonds. The average Bonchev–Trinajstić information content (AvgIpc) is 4.12. The van der Waals surface area contributed by atoms with Gasteiger partial charge in [0.15, 0.2) is 12.6 Å². The monoisotopic (exact) mass is 1010 g/mol. The van der Waals surface area contributed by atoms with Crippen LogP contribution in [0, 0.1) is 80.8 Å². The molecule has 8 saturated carbocycles. The summed E-state index contributed by atoms with van der Waals surface area (Å²) in [6, 6.07) is 0. The van der Waals surface area contributed by atoms with Gasteiger partial charge in [-0.3, -0.25) is 0 Å². The van der Waals surface area contributed by atoms with Gasteiger partial charge in [-0.05, 0) is 185 Å². The summed E-state index contributed by atoms with van der Waals surface area (Å²) < 4.78 is 34.5. The fourth-order valence-corrected chi connectivity index (χ4v) is 19.5. The lowest BCUT2D eigenvalue weighted by atomic mass is 9.43. The maximum Gasteiger partial charge on any atom is 0.331 e. The van der Waals surface area contributed by atoms with E-state index in [0.717, 1.165) is 127 Å². The van der Waals surface area contributed by atoms with Crippen LogP contribution in [-0.2, 0) is 38.0 Å². The summed E-state index contributed by atoms with van der Waals surface area (Å²) in [5, 5.41) is 66.2. The zero-order chi connectivity index (χ0) is 50.9. The van der Waals surface area contributed by atoms with Gasteiger partial charge in [-0.25, -0.2) is 9.59 Å². The van der Waals surface area contributed by atoms with Gasteiger partial charge in [-0.1, -0.05) is 41.5 Å². The zero-order valence-electron chi connectivity index (χ0n) is 44.1. The molecule has 12 aliphatic rings. The normalized spacial score (nSPS) is 54.8. The second kappa shape index (κ2) is 18.9. The van der Waals surface area contributed by atoms with E-state index in [2.05, 4.69) is 27.7 Å². The van der Waals surface area contributed by atoms with E-state index in [1.165, 1.54) is 0 Å². The van der Waals surface area contributed by atoms with Crippen molar-refractivity contribution in [2.24, 2.45) is 80.8 Å². The SMILES string of the molecule is C[C@H]1CO[C@H](O[C@H]2CC[C@@]3(C)C(CCC4C3CC[C@]3(C)[C@@H](C5=CC(=O)OC5)CC[C@]43O)C2)C(O)[C@H]1O.C[C@H]1CO[C@H](O[C@H]2CC[C@@]3(C)C(CCC4C3CC[C@]3(C)[C@@H](C5=CC(=O)OC5)CC[C@]43O)C2)C(O)[C@H]1O.